The van der Waals surface area contributed by atoms with Gasteiger partial charge in [0.05, 0.1) is 23.5 Å². The maximum atomic E-state index is 13.7. The van der Waals surface area contributed by atoms with Gasteiger partial charge in [0.15, 0.2) is 0 Å². The molecule has 29 heavy (non-hydrogen) atoms. The molecule has 1 aliphatic rings. The molecule has 1 aliphatic carbocycles. The third-order valence-corrected chi connectivity index (χ3v) is 5.16. The first-order valence-electron chi connectivity index (χ1n) is 9.07. The van der Waals surface area contributed by atoms with Crippen LogP contribution in [0.3, 0.4) is 0 Å². The molecule has 148 valence electrons. The lowest BCUT2D eigenvalue weighted by Crippen LogP contribution is -2.51. The number of nitrogens with one attached hydrogen (secondary N) is 1. The zero-order valence-corrected chi connectivity index (χ0v) is 15.9. The third kappa shape index (κ3) is 3.92. The van der Waals surface area contributed by atoms with Crippen LogP contribution in [0.2, 0.25) is 5.02 Å². The Bertz CT molecular complexity index is 1130. The monoisotopic (exact) mass is 413 g/mol. The van der Waals surface area contributed by atoms with Gasteiger partial charge in [0, 0.05) is 10.6 Å². The summed E-state index contributed by atoms with van der Waals surface area (Å²) in [5.74, 6) is -1.14. The van der Waals surface area contributed by atoms with Crippen LogP contribution in [0.15, 0.2) is 59.4 Å². The molecular weight excluding hydrogens is 397 g/mol. The lowest BCUT2D eigenvalue weighted by Gasteiger charge is -2.32. The summed E-state index contributed by atoms with van der Waals surface area (Å²) in [6.07, 6.45) is 0.618. The predicted octanol–water partition coefficient (Wildman–Crippen LogP) is 2.95. The van der Waals surface area contributed by atoms with E-state index in [-0.39, 0.29) is 11.3 Å². The Kier molecular flexibility index (Phi) is 5.17. The van der Waals surface area contributed by atoms with Crippen LogP contribution < -0.4 is 10.9 Å². The molecule has 0 radical (unpaired) electrons. The van der Waals surface area contributed by atoms with Crippen molar-refractivity contribution >= 4 is 17.5 Å². The van der Waals surface area contributed by atoms with Crippen LogP contribution in [0.1, 0.15) is 23.2 Å². The minimum absolute atomic E-state index is 0.145. The van der Waals surface area contributed by atoms with Crippen molar-refractivity contribution in [3.05, 3.63) is 81.4 Å². The van der Waals surface area contributed by atoms with Crippen LogP contribution in [0.25, 0.3) is 16.9 Å². The molecule has 6 nitrogen and oxygen atoms in total. The van der Waals surface area contributed by atoms with Crippen molar-refractivity contribution in [2.24, 2.45) is 0 Å². The van der Waals surface area contributed by atoms with E-state index in [1.165, 1.54) is 24.3 Å². The van der Waals surface area contributed by atoms with Crippen molar-refractivity contribution in [1.82, 2.24) is 15.1 Å². The SMILES string of the molecule is O=C(N[C@@H]1CC[C@@H]1O)c1cc(-c2ccc(Cl)cc2)nn(-c2cccc(F)c2)c1=O. The molecule has 1 aromatic heterocycles. The Balaban J connectivity index is 1.83. The van der Waals surface area contributed by atoms with Crippen LogP contribution in [0.5, 0.6) is 0 Å². The second kappa shape index (κ2) is 7.77. The zero-order valence-electron chi connectivity index (χ0n) is 15.2. The number of carbonyl (C=O) groups excluding carboxylic acids is 1. The van der Waals surface area contributed by atoms with Gasteiger partial charge in [-0.1, -0.05) is 29.8 Å². The number of aromatic nitrogens is 2. The topological polar surface area (TPSA) is 84.2 Å². The predicted molar refractivity (Wildman–Crippen MR) is 107 cm³/mol. The first-order valence-corrected chi connectivity index (χ1v) is 9.45. The molecule has 8 heteroatoms. The first kappa shape index (κ1) is 19.3. The smallest absolute Gasteiger partial charge is 0.284 e. The summed E-state index contributed by atoms with van der Waals surface area (Å²) in [5, 5.41) is 17.3. The summed E-state index contributed by atoms with van der Waals surface area (Å²) in [6, 6.07) is 13.2. The standard InChI is InChI=1S/C21H17ClFN3O3/c22-13-6-4-12(5-7-13)18-11-16(20(28)24-17-8-9-19(17)27)21(29)26(25-18)15-3-1-2-14(23)10-15/h1-7,10-11,17,19,27H,8-9H2,(H,24,28)/t17-,19+/m1/s1. The number of hydrogen-bond acceptors (Lipinski definition) is 4. The molecule has 0 saturated heterocycles. The van der Waals surface area contributed by atoms with Crippen LogP contribution >= 0.6 is 11.6 Å². The van der Waals surface area contributed by atoms with Crippen molar-refractivity contribution in [3.8, 4) is 16.9 Å². The summed E-state index contributed by atoms with van der Waals surface area (Å²) in [4.78, 5) is 25.7. The molecule has 1 saturated carbocycles. The van der Waals surface area contributed by atoms with E-state index in [9.17, 15) is 19.1 Å². The van der Waals surface area contributed by atoms with E-state index < -0.39 is 29.4 Å². The summed E-state index contributed by atoms with van der Waals surface area (Å²) in [5.41, 5.74) is 0.360. The van der Waals surface area contributed by atoms with E-state index in [4.69, 9.17) is 11.6 Å². The summed E-state index contributed by atoms with van der Waals surface area (Å²) >= 11 is 5.94. The Morgan fingerprint density at radius 3 is 2.55 bits per heavy atom. The van der Waals surface area contributed by atoms with Gasteiger partial charge in [-0.3, -0.25) is 9.59 Å². The number of aliphatic hydroxyl groups excluding tert-OH is 1. The Labute approximate surface area is 170 Å². The molecule has 0 spiro atoms. The van der Waals surface area contributed by atoms with E-state index >= 15 is 0 Å². The fourth-order valence-electron chi connectivity index (χ4n) is 3.10. The van der Waals surface area contributed by atoms with Gasteiger partial charge in [-0.15, -0.1) is 0 Å². The fourth-order valence-corrected chi connectivity index (χ4v) is 3.22. The second-order valence-electron chi connectivity index (χ2n) is 6.87. The molecule has 3 aromatic rings. The van der Waals surface area contributed by atoms with Gasteiger partial charge in [-0.25, -0.2) is 4.39 Å². The van der Waals surface area contributed by atoms with E-state index in [0.29, 0.717) is 29.1 Å². The molecule has 2 atom stereocenters. The lowest BCUT2D eigenvalue weighted by atomic mass is 9.89. The molecule has 0 unspecified atom stereocenters. The quantitative estimate of drug-likeness (QED) is 0.688. The Morgan fingerprint density at radius 1 is 1.17 bits per heavy atom. The van der Waals surface area contributed by atoms with Crippen LogP contribution in [0.4, 0.5) is 4.39 Å². The molecule has 1 heterocycles. The molecule has 4 rings (SSSR count). The minimum Gasteiger partial charge on any atom is -0.391 e. The maximum absolute atomic E-state index is 13.7. The van der Waals surface area contributed by atoms with Gasteiger partial charge in [-0.2, -0.15) is 9.78 Å². The van der Waals surface area contributed by atoms with Gasteiger partial charge in [0.25, 0.3) is 11.5 Å². The highest BCUT2D eigenvalue weighted by Crippen LogP contribution is 2.22. The highest BCUT2D eigenvalue weighted by atomic mass is 35.5. The summed E-state index contributed by atoms with van der Waals surface area (Å²) in [6.45, 7) is 0. The average Bonchev–Trinajstić information content (AvgIpc) is 2.71. The number of halogens is 2. The third-order valence-electron chi connectivity index (χ3n) is 4.90. The van der Waals surface area contributed by atoms with Gasteiger partial charge in [0.2, 0.25) is 0 Å². The number of carbonyl (C=O) groups is 1. The van der Waals surface area contributed by atoms with E-state index in [2.05, 4.69) is 10.4 Å². The minimum atomic E-state index is -0.681. The van der Waals surface area contributed by atoms with Crippen LogP contribution in [-0.4, -0.2) is 32.9 Å². The second-order valence-corrected chi connectivity index (χ2v) is 7.31. The number of hydrogen-bond donors (Lipinski definition) is 2. The van der Waals surface area contributed by atoms with Crippen molar-refractivity contribution in [2.75, 3.05) is 0 Å². The van der Waals surface area contributed by atoms with Crippen LogP contribution in [0, 0.1) is 5.82 Å². The highest BCUT2D eigenvalue weighted by molar-refractivity contribution is 6.30. The van der Waals surface area contributed by atoms with Gasteiger partial charge < -0.3 is 10.4 Å². The van der Waals surface area contributed by atoms with Crippen LogP contribution in [-0.2, 0) is 0 Å². The van der Waals surface area contributed by atoms with Gasteiger partial charge in [0.1, 0.15) is 11.4 Å². The average molecular weight is 414 g/mol. The molecule has 0 bridgehead atoms. The lowest BCUT2D eigenvalue weighted by molar-refractivity contribution is 0.0447. The summed E-state index contributed by atoms with van der Waals surface area (Å²) in [7, 11) is 0. The number of nitrogens with zero attached hydrogens (tertiary/aromatic N) is 2. The van der Waals surface area contributed by atoms with Crippen molar-refractivity contribution in [3.63, 3.8) is 0 Å². The van der Waals surface area contributed by atoms with E-state index in [1.54, 1.807) is 24.3 Å². The van der Waals surface area contributed by atoms with E-state index in [0.717, 1.165) is 10.7 Å². The number of amides is 1. The largest absolute Gasteiger partial charge is 0.391 e. The molecular formula is C21H17ClFN3O3. The van der Waals surface area contributed by atoms with Crippen molar-refractivity contribution < 1.29 is 14.3 Å². The van der Waals surface area contributed by atoms with Gasteiger partial charge >= 0.3 is 0 Å². The maximum Gasteiger partial charge on any atom is 0.284 e. The molecule has 2 aromatic carbocycles. The normalized spacial score (nSPS) is 18.2. The highest BCUT2D eigenvalue weighted by Gasteiger charge is 2.31. The molecule has 0 aliphatic heterocycles. The zero-order chi connectivity index (χ0) is 20.5. The number of rotatable bonds is 4. The molecule has 1 fully saturated rings. The first-order chi connectivity index (χ1) is 13.9. The molecule has 2 N–H and O–H groups in total. The number of benzene rings is 2. The van der Waals surface area contributed by atoms with E-state index in [1.807, 2.05) is 0 Å². The van der Waals surface area contributed by atoms with Crippen molar-refractivity contribution in [1.29, 1.82) is 0 Å². The van der Waals surface area contributed by atoms with Gasteiger partial charge in [-0.05, 0) is 49.2 Å². The number of aliphatic hydroxyl groups is 1. The Hall–Kier alpha value is -3.03. The summed E-state index contributed by atoms with van der Waals surface area (Å²) < 4.78 is 14.7. The van der Waals surface area contributed by atoms with Crippen molar-refractivity contribution in [2.45, 2.75) is 25.0 Å². The fraction of sp³-hybridized carbons (Fsp3) is 0.190. The Morgan fingerprint density at radius 2 is 1.93 bits per heavy atom. The molecule has 1 amide bonds.